The van der Waals surface area contributed by atoms with Gasteiger partial charge < -0.3 is 10.5 Å². The van der Waals surface area contributed by atoms with Crippen LogP contribution in [0.15, 0.2) is 36.4 Å². The van der Waals surface area contributed by atoms with E-state index in [4.69, 9.17) is 10.5 Å². The second kappa shape index (κ2) is 5.78. The molecule has 0 aliphatic heterocycles. The lowest BCUT2D eigenvalue weighted by Gasteiger charge is -2.12. The van der Waals surface area contributed by atoms with Crippen molar-refractivity contribution in [2.45, 2.75) is 27.4 Å². The summed E-state index contributed by atoms with van der Waals surface area (Å²) in [5.41, 5.74) is 10.3. The molecule has 20 heavy (non-hydrogen) atoms. The number of ketones is 1. The molecule has 3 heteroatoms. The van der Waals surface area contributed by atoms with Gasteiger partial charge in [-0.3, -0.25) is 4.79 Å². The molecule has 0 aliphatic carbocycles. The van der Waals surface area contributed by atoms with Crippen molar-refractivity contribution < 1.29 is 9.53 Å². The lowest BCUT2D eigenvalue weighted by molar-refractivity contribution is 0.101. The summed E-state index contributed by atoms with van der Waals surface area (Å²) in [7, 11) is 0. The summed E-state index contributed by atoms with van der Waals surface area (Å²) in [5, 5.41) is 0. The zero-order valence-electron chi connectivity index (χ0n) is 12.1. The van der Waals surface area contributed by atoms with Crippen LogP contribution in [0.25, 0.3) is 0 Å². The van der Waals surface area contributed by atoms with Crippen molar-refractivity contribution in [2.24, 2.45) is 0 Å². The molecule has 104 valence electrons. The van der Waals surface area contributed by atoms with Crippen LogP contribution in [-0.2, 0) is 6.61 Å². The van der Waals surface area contributed by atoms with Crippen LogP contribution >= 0.6 is 0 Å². The van der Waals surface area contributed by atoms with Crippen molar-refractivity contribution in [3.05, 3.63) is 58.7 Å². The lowest BCUT2D eigenvalue weighted by atomic mass is 10.1. The number of carbonyl (C=O) groups is 1. The minimum atomic E-state index is -0.0479. The van der Waals surface area contributed by atoms with Crippen molar-refractivity contribution in [1.29, 1.82) is 0 Å². The van der Waals surface area contributed by atoms with Crippen molar-refractivity contribution in [3.8, 4) is 5.75 Å². The third-order valence-corrected chi connectivity index (χ3v) is 3.27. The molecule has 0 bridgehead atoms. The van der Waals surface area contributed by atoms with Crippen molar-refractivity contribution in [1.82, 2.24) is 0 Å². The van der Waals surface area contributed by atoms with E-state index < -0.39 is 0 Å². The molecule has 0 atom stereocenters. The Morgan fingerprint density at radius 3 is 2.60 bits per heavy atom. The van der Waals surface area contributed by atoms with E-state index in [9.17, 15) is 4.79 Å². The molecule has 0 spiro atoms. The Labute approximate surface area is 119 Å². The maximum Gasteiger partial charge on any atom is 0.163 e. The predicted octanol–water partition coefficient (Wildman–Crippen LogP) is 3.67. The van der Waals surface area contributed by atoms with Gasteiger partial charge in [-0.15, -0.1) is 0 Å². The Hall–Kier alpha value is -2.29. The molecule has 2 rings (SSSR count). The van der Waals surface area contributed by atoms with E-state index in [0.29, 0.717) is 23.6 Å². The molecule has 0 aliphatic rings. The van der Waals surface area contributed by atoms with E-state index in [1.807, 2.05) is 13.8 Å². The monoisotopic (exact) mass is 269 g/mol. The van der Waals surface area contributed by atoms with Gasteiger partial charge in [0.05, 0.1) is 5.56 Å². The Morgan fingerprint density at radius 2 is 1.90 bits per heavy atom. The van der Waals surface area contributed by atoms with Gasteiger partial charge in [0.15, 0.2) is 5.78 Å². The molecule has 0 saturated heterocycles. The van der Waals surface area contributed by atoms with Gasteiger partial charge in [-0.2, -0.15) is 0 Å². The van der Waals surface area contributed by atoms with Crippen LogP contribution in [0.3, 0.4) is 0 Å². The molecule has 2 aromatic carbocycles. The van der Waals surface area contributed by atoms with Crippen LogP contribution in [0, 0.1) is 13.8 Å². The van der Waals surface area contributed by atoms with E-state index in [2.05, 4.69) is 18.2 Å². The van der Waals surface area contributed by atoms with Gasteiger partial charge in [0, 0.05) is 5.69 Å². The first-order chi connectivity index (χ1) is 9.47. The highest BCUT2D eigenvalue weighted by molar-refractivity contribution is 5.97. The number of anilines is 1. The number of Topliss-reactive ketones (excluding diaryl/α,β-unsaturated/α-hetero) is 1. The normalized spacial score (nSPS) is 10.3. The van der Waals surface area contributed by atoms with Gasteiger partial charge in [-0.05, 0) is 50.1 Å². The minimum absolute atomic E-state index is 0.0479. The number of carbonyl (C=O) groups excluding carboxylic acids is 1. The SMILES string of the molecule is CC(=O)c1cc(N)ccc1OCc1cc(C)ccc1C. The highest BCUT2D eigenvalue weighted by Gasteiger charge is 2.10. The van der Waals surface area contributed by atoms with E-state index in [0.717, 1.165) is 5.56 Å². The summed E-state index contributed by atoms with van der Waals surface area (Å²) >= 11 is 0. The maximum absolute atomic E-state index is 11.6. The predicted molar refractivity (Wildman–Crippen MR) is 81.1 cm³/mol. The number of ether oxygens (including phenoxy) is 1. The minimum Gasteiger partial charge on any atom is -0.488 e. The Balaban J connectivity index is 2.23. The summed E-state index contributed by atoms with van der Waals surface area (Å²) in [6, 6.07) is 11.4. The van der Waals surface area contributed by atoms with Crippen molar-refractivity contribution >= 4 is 11.5 Å². The average Bonchev–Trinajstić information content (AvgIpc) is 2.40. The van der Waals surface area contributed by atoms with Crippen molar-refractivity contribution in [3.63, 3.8) is 0 Å². The number of benzene rings is 2. The van der Waals surface area contributed by atoms with Gasteiger partial charge >= 0.3 is 0 Å². The third-order valence-electron chi connectivity index (χ3n) is 3.27. The standard InChI is InChI=1S/C17H19NO2/c1-11-4-5-12(2)14(8-11)10-20-17-7-6-15(18)9-16(17)13(3)19/h4-9H,10,18H2,1-3H3. The van der Waals surface area contributed by atoms with Gasteiger partial charge in [-0.1, -0.05) is 23.8 Å². The third kappa shape index (κ3) is 3.18. The first-order valence-electron chi connectivity index (χ1n) is 6.57. The Bertz CT molecular complexity index is 647. The highest BCUT2D eigenvalue weighted by atomic mass is 16.5. The van der Waals surface area contributed by atoms with Gasteiger partial charge in [0.2, 0.25) is 0 Å². The van der Waals surface area contributed by atoms with E-state index in [1.54, 1.807) is 18.2 Å². The molecule has 2 aromatic rings. The Kier molecular flexibility index (Phi) is 4.08. The number of nitrogen functional groups attached to an aromatic ring is 1. The average molecular weight is 269 g/mol. The number of nitrogens with two attached hydrogens (primary N) is 1. The Morgan fingerprint density at radius 1 is 1.15 bits per heavy atom. The molecule has 0 heterocycles. The van der Waals surface area contributed by atoms with Gasteiger partial charge in [0.1, 0.15) is 12.4 Å². The van der Waals surface area contributed by atoms with Crippen LogP contribution in [-0.4, -0.2) is 5.78 Å². The first kappa shape index (κ1) is 14.1. The fourth-order valence-corrected chi connectivity index (χ4v) is 2.06. The van der Waals surface area contributed by atoms with Crippen LogP contribution in [0.5, 0.6) is 5.75 Å². The first-order valence-corrected chi connectivity index (χ1v) is 6.57. The van der Waals surface area contributed by atoms with Crippen LogP contribution in [0.1, 0.15) is 34.0 Å². The zero-order chi connectivity index (χ0) is 14.7. The van der Waals surface area contributed by atoms with Crippen LogP contribution in [0.4, 0.5) is 5.69 Å². The summed E-state index contributed by atoms with van der Waals surface area (Å²) < 4.78 is 5.80. The largest absolute Gasteiger partial charge is 0.488 e. The van der Waals surface area contributed by atoms with E-state index in [-0.39, 0.29) is 5.78 Å². The second-order valence-corrected chi connectivity index (χ2v) is 5.03. The number of rotatable bonds is 4. The molecule has 0 radical (unpaired) electrons. The molecular formula is C17H19NO2. The summed E-state index contributed by atoms with van der Waals surface area (Å²) in [6.07, 6.45) is 0. The topological polar surface area (TPSA) is 52.3 Å². The number of hydrogen-bond acceptors (Lipinski definition) is 3. The molecule has 0 saturated carbocycles. The smallest absolute Gasteiger partial charge is 0.163 e. The molecule has 2 N–H and O–H groups in total. The highest BCUT2D eigenvalue weighted by Crippen LogP contribution is 2.23. The fourth-order valence-electron chi connectivity index (χ4n) is 2.06. The fraction of sp³-hybridized carbons (Fsp3) is 0.235. The van der Waals surface area contributed by atoms with Crippen LogP contribution < -0.4 is 10.5 Å². The second-order valence-electron chi connectivity index (χ2n) is 5.03. The number of aryl methyl sites for hydroxylation is 2. The molecular weight excluding hydrogens is 250 g/mol. The lowest BCUT2D eigenvalue weighted by Crippen LogP contribution is -2.04. The molecule has 0 fully saturated rings. The quantitative estimate of drug-likeness (QED) is 0.680. The maximum atomic E-state index is 11.6. The summed E-state index contributed by atoms with van der Waals surface area (Å²) in [4.78, 5) is 11.6. The molecule has 3 nitrogen and oxygen atoms in total. The molecule has 0 aromatic heterocycles. The van der Waals surface area contributed by atoms with E-state index >= 15 is 0 Å². The summed E-state index contributed by atoms with van der Waals surface area (Å²) in [6.45, 7) is 6.05. The summed E-state index contributed by atoms with van der Waals surface area (Å²) in [5.74, 6) is 0.529. The number of hydrogen-bond donors (Lipinski definition) is 1. The van der Waals surface area contributed by atoms with E-state index in [1.165, 1.54) is 18.1 Å². The zero-order valence-corrected chi connectivity index (χ0v) is 12.1. The van der Waals surface area contributed by atoms with Gasteiger partial charge in [-0.25, -0.2) is 0 Å². The van der Waals surface area contributed by atoms with Crippen LogP contribution in [0.2, 0.25) is 0 Å². The molecule has 0 amide bonds. The van der Waals surface area contributed by atoms with Gasteiger partial charge in [0.25, 0.3) is 0 Å². The van der Waals surface area contributed by atoms with Crippen molar-refractivity contribution in [2.75, 3.05) is 5.73 Å². The molecule has 0 unspecified atom stereocenters.